The highest BCUT2D eigenvalue weighted by atomic mass is 32.2. The van der Waals surface area contributed by atoms with Crippen LogP contribution in [0.1, 0.15) is 33.3 Å². The van der Waals surface area contributed by atoms with Crippen molar-refractivity contribution in [3.8, 4) is 0 Å². The summed E-state index contributed by atoms with van der Waals surface area (Å²) in [4.78, 5) is 0. The molecule has 15 heavy (non-hydrogen) atoms. The van der Waals surface area contributed by atoms with E-state index in [4.69, 9.17) is 0 Å². The Bertz CT molecular complexity index is 401. The Morgan fingerprint density at radius 3 is 2.53 bits per heavy atom. The van der Waals surface area contributed by atoms with Crippen molar-refractivity contribution in [3.63, 3.8) is 0 Å². The Labute approximate surface area is 93.0 Å². The molecule has 84 valence electrons. The third kappa shape index (κ3) is 3.27. The largest absolute Gasteiger partial charge is 0.275 e. The number of aryl methyl sites for hydroxylation is 1. The van der Waals surface area contributed by atoms with E-state index in [1.54, 1.807) is 10.9 Å². The maximum atomic E-state index is 11.8. The van der Waals surface area contributed by atoms with Gasteiger partial charge in [0.2, 0.25) is 0 Å². The summed E-state index contributed by atoms with van der Waals surface area (Å²) in [5.41, 5.74) is 1.67. The van der Waals surface area contributed by atoms with Gasteiger partial charge in [-0.1, -0.05) is 0 Å². The third-order valence-electron chi connectivity index (χ3n) is 1.87. The quantitative estimate of drug-likeness (QED) is 0.722. The van der Waals surface area contributed by atoms with Crippen LogP contribution in [0.5, 0.6) is 0 Å². The van der Waals surface area contributed by atoms with E-state index in [2.05, 4.69) is 9.50 Å². The van der Waals surface area contributed by atoms with Gasteiger partial charge in [0.1, 0.15) is 11.0 Å². The van der Waals surface area contributed by atoms with Crippen LogP contribution in [-0.4, -0.2) is 24.4 Å². The summed E-state index contributed by atoms with van der Waals surface area (Å²) in [5, 5.41) is 4.04. The summed E-state index contributed by atoms with van der Waals surface area (Å²) >= 11 is 0. The van der Waals surface area contributed by atoms with Crippen LogP contribution in [0.25, 0.3) is 0 Å². The van der Waals surface area contributed by atoms with E-state index in [9.17, 15) is 4.21 Å². The highest BCUT2D eigenvalue weighted by Gasteiger charge is 2.19. The second-order valence-corrected chi connectivity index (χ2v) is 6.35. The van der Waals surface area contributed by atoms with Crippen LogP contribution in [0.2, 0.25) is 0 Å². The molecule has 1 rings (SSSR count). The van der Waals surface area contributed by atoms with Crippen LogP contribution in [-0.2, 0) is 18.0 Å². The van der Waals surface area contributed by atoms with Crippen molar-refractivity contribution in [2.45, 2.75) is 32.4 Å². The molecular weight excluding hydrogens is 210 g/mol. The van der Waals surface area contributed by atoms with E-state index in [-0.39, 0.29) is 4.75 Å². The zero-order valence-electron chi connectivity index (χ0n) is 9.81. The van der Waals surface area contributed by atoms with Gasteiger partial charge >= 0.3 is 0 Å². The lowest BCUT2D eigenvalue weighted by molar-refractivity contribution is 0.650. The topological polar surface area (TPSA) is 47.2 Å². The summed E-state index contributed by atoms with van der Waals surface area (Å²) in [6.07, 6.45) is 3.58. The van der Waals surface area contributed by atoms with Crippen LogP contribution < -0.4 is 0 Å². The minimum atomic E-state index is -1.21. The van der Waals surface area contributed by atoms with Gasteiger partial charge in [-0.15, -0.1) is 0 Å². The van der Waals surface area contributed by atoms with Crippen molar-refractivity contribution >= 4 is 16.7 Å². The van der Waals surface area contributed by atoms with E-state index in [0.717, 1.165) is 11.3 Å². The molecule has 0 aliphatic rings. The summed E-state index contributed by atoms with van der Waals surface area (Å²) in [6, 6.07) is 0. The second-order valence-electron chi connectivity index (χ2n) is 4.44. The average molecular weight is 227 g/mol. The van der Waals surface area contributed by atoms with Gasteiger partial charge in [0.05, 0.1) is 16.7 Å². The Balaban J connectivity index is 2.90. The van der Waals surface area contributed by atoms with Gasteiger partial charge in [0.15, 0.2) is 0 Å². The zero-order valence-corrected chi connectivity index (χ0v) is 10.6. The molecule has 0 saturated carbocycles. The monoisotopic (exact) mass is 227 g/mol. The number of nitrogens with zero attached hydrogens (tertiary/aromatic N) is 3. The first-order valence-electron chi connectivity index (χ1n) is 4.77. The molecule has 0 aliphatic heterocycles. The summed E-state index contributed by atoms with van der Waals surface area (Å²) in [7, 11) is 0.637. The van der Waals surface area contributed by atoms with Gasteiger partial charge in [-0.2, -0.15) is 9.50 Å². The molecule has 0 unspecified atom stereocenters. The lowest BCUT2D eigenvalue weighted by atomic mass is 10.2. The maximum Gasteiger partial charge on any atom is 0.145 e. The molecule has 0 saturated heterocycles. The fourth-order valence-electron chi connectivity index (χ4n) is 0.922. The fraction of sp³-hybridized carbons (Fsp3) is 0.600. The number of hydrogen-bond acceptors (Lipinski definition) is 2. The van der Waals surface area contributed by atoms with Crippen LogP contribution in [0.4, 0.5) is 0 Å². The SMILES string of the molecule is C/C(=N/[S@](=O)C(C)(C)C)c1cnn(C)c1. The van der Waals surface area contributed by atoms with Gasteiger partial charge in [-0.3, -0.25) is 4.68 Å². The van der Waals surface area contributed by atoms with Crippen LogP contribution in [0.3, 0.4) is 0 Å². The van der Waals surface area contributed by atoms with Crippen molar-refractivity contribution in [1.29, 1.82) is 0 Å². The molecule has 1 heterocycles. The van der Waals surface area contributed by atoms with E-state index in [0.29, 0.717) is 0 Å². The lowest BCUT2D eigenvalue weighted by Gasteiger charge is -2.13. The molecule has 1 atom stereocenters. The van der Waals surface area contributed by atoms with Crippen LogP contribution in [0, 0.1) is 0 Å². The van der Waals surface area contributed by atoms with Crippen molar-refractivity contribution in [3.05, 3.63) is 18.0 Å². The van der Waals surface area contributed by atoms with Crippen LogP contribution >= 0.6 is 0 Å². The minimum Gasteiger partial charge on any atom is -0.275 e. The average Bonchev–Trinajstić information content (AvgIpc) is 2.50. The second kappa shape index (κ2) is 4.26. The molecule has 0 amide bonds. The standard InChI is InChI=1S/C10H17N3OS/c1-8(9-6-11-13(5)7-9)12-15(14)10(2,3)4/h6-7H,1-5H3/b12-8-/t15-/m1/s1. The lowest BCUT2D eigenvalue weighted by Crippen LogP contribution is -2.20. The van der Waals surface area contributed by atoms with E-state index < -0.39 is 11.0 Å². The molecule has 0 spiro atoms. The summed E-state index contributed by atoms with van der Waals surface area (Å²) in [5.74, 6) is 0. The zero-order chi connectivity index (χ0) is 11.6. The van der Waals surface area contributed by atoms with E-state index in [1.165, 1.54) is 0 Å². The number of aromatic nitrogens is 2. The Morgan fingerprint density at radius 1 is 1.53 bits per heavy atom. The van der Waals surface area contributed by atoms with Crippen LogP contribution in [0.15, 0.2) is 16.8 Å². The maximum absolute atomic E-state index is 11.8. The van der Waals surface area contributed by atoms with Crippen molar-refractivity contribution in [2.24, 2.45) is 11.4 Å². The van der Waals surface area contributed by atoms with Crippen molar-refractivity contribution in [1.82, 2.24) is 9.78 Å². The molecule has 5 heteroatoms. The highest BCUT2D eigenvalue weighted by molar-refractivity contribution is 7.85. The van der Waals surface area contributed by atoms with Gasteiger partial charge in [0.25, 0.3) is 0 Å². The van der Waals surface area contributed by atoms with Gasteiger partial charge in [-0.25, -0.2) is 4.21 Å². The van der Waals surface area contributed by atoms with E-state index in [1.807, 2.05) is 40.9 Å². The van der Waals surface area contributed by atoms with Gasteiger partial charge in [0, 0.05) is 18.8 Å². The first-order chi connectivity index (χ1) is 6.80. The third-order valence-corrected chi connectivity index (χ3v) is 3.35. The molecule has 0 aliphatic carbocycles. The van der Waals surface area contributed by atoms with Crippen molar-refractivity contribution < 1.29 is 4.21 Å². The number of rotatable bonds is 2. The molecule has 1 aromatic heterocycles. The van der Waals surface area contributed by atoms with E-state index >= 15 is 0 Å². The molecule has 0 aromatic carbocycles. The normalized spacial score (nSPS) is 15.4. The predicted octanol–water partition coefficient (Wildman–Crippen LogP) is 1.69. The summed E-state index contributed by atoms with van der Waals surface area (Å²) < 4.78 is 17.3. The van der Waals surface area contributed by atoms with Gasteiger partial charge < -0.3 is 0 Å². The van der Waals surface area contributed by atoms with Gasteiger partial charge in [-0.05, 0) is 27.7 Å². The predicted molar refractivity (Wildman–Crippen MR) is 63.3 cm³/mol. The fourth-order valence-corrected chi connectivity index (χ4v) is 1.55. The Kier molecular flexibility index (Phi) is 3.44. The molecule has 0 radical (unpaired) electrons. The molecule has 1 aromatic rings. The molecular formula is C10H17N3OS. The Hall–Kier alpha value is -0.970. The smallest absolute Gasteiger partial charge is 0.145 e. The molecule has 0 bridgehead atoms. The molecule has 0 fully saturated rings. The number of hydrogen-bond donors (Lipinski definition) is 0. The molecule has 4 nitrogen and oxygen atoms in total. The Morgan fingerprint density at radius 2 is 2.13 bits per heavy atom. The summed E-state index contributed by atoms with van der Waals surface area (Å²) in [6.45, 7) is 7.57. The first-order valence-corrected chi connectivity index (χ1v) is 5.87. The minimum absolute atomic E-state index is 0.316. The highest BCUT2D eigenvalue weighted by Crippen LogP contribution is 2.13. The van der Waals surface area contributed by atoms with Crippen molar-refractivity contribution in [2.75, 3.05) is 0 Å². The first kappa shape index (κ1) is 12.1. The molecule has 0 N–H and O–H groups in total.